The van der Waals surface area contributed by atoms with E-state index in [2.05, 4.69) is 24.4 Å². The van der Waals surface area contributed by atoms with E-state index in [4.69, 9.17) is 4.74 Å². The van der Waals surface area contributed by atoms with E-state index >= 15 is 0 Å². The molecule has 1 aromatic carbocycles. The third kappa shape index (κ3) is 4.44. The Balaban J connectivity index is 1.64. The summed E-state index contributed by atoms with van der Waals surface area (Å²) in [4.78, 5) is 13.7. The highest BCUT2D eigenvalue weighted by molar-refractivity contribution is 5.74. The molecule has 0 bridgehead atoms. The average molecular weight is 276 g/mol. The van der Waals surface area contributed by atoms with E-state index in [-0.39, 0.29) is 6.03 Å². The third-order valence-electron chi connectivity index (χ3n) is 3.62. The number of nitrogens with zero attached hydrogens (tertiary/aromatic N) is 1. The lowest BCUT2D eigenvalue weighted by molar-refractivity contribution is 0.184. The molecule has 1 aliphatic heterocycles. The summed E-state index contributed by atoms with van der Waals surface area (Å²) in [7, 11) is 0. The van der Waals surface area contributed by atoms with Crippen LogP contribution in [-0.4, -0.2) is 37.2 Å². The van der Waals surface area contributed by atoms with Crippen LogP contribution >= 0.6 is 0 Å². The lowest BCUT2D eigenvalue weighted by Crippen LogP contribution is -2.43. The molecule has 1 fully saturated rings. The lowest BCUT2D eigenvalue weighted by atomic mass is 10.1. The molecule has 0 unspecified atom stereocenters. The van der Waals surface area contributed by atoms with Crippen molar-refractivity contribution in [3.8, 4) is 5.75 Å². The van der Waals surface area contributed by atoms with Gasteiger partial charge in [0.15, 0.2) is 0 Å². The smallest absolute Gasteiger partial charge is 0.317 e. The predicted molar refractivity (Wildman–Crippen MR) is 80.1 cm³/mol. The van der Waals surface area contributed by atoms with E-state index in [1.165, 1.54) is 12.0 Å². The summed E-state index contributed by atoms with van der Waals surface area (Å²) in [6.45, 7) is 4.94. The molecule has 2 rings (SSSR count). The zero-order chi connectivity index (χ0) is 14.2. The molecule has 0 atom stereocenters. The Morgan fingerprint density at radius 2 is 1.90 bits per heavy atom. The van der Waals surface area contributed by atoms with Crippen LogP contribution in [0.5, 0.6) is 5.75 Å². The molecule has 110 valence electrons. The van der Waals surface area contributed by atoms with Crippen molar-refractivity contribution in [2.24, 2.45) is 0 Å². The predicted octanol–water partition coefficient (Wildman–Crippen LogP) is 2.82. The van der Waals surface area contributed by atoms with Gasteiger partial charge in [0, 0.05) is 13.1 Å². The first-order chi connectivity index (χ1) is 9.79. The quantitative estimate of drug-likeness (QED) is 0.840. The molecule has 0 aliphatic carbocycles. The number of hydrogen-bond donors (Lipinski definition) is 1. The van der Waals surface area contributed by atoms with Crippen LogP contribution in [0.3, 0.4) is 0 Å². The van der Waals surface area contributed by atoms with Gasteiger partial charge in [0.2, 0.25) is 0 Å². The van der Waals surface area contributed by atoms with Gasteiger partial charge in [-0.25, -0.2) is 4.79 Å². The molecule has 1 saturated heterocycles. The first-order valence-electron chi connectivity index (χ1n) is 7.54. The summed E-state index contributed by atoms with van der Waals surface area (Å²) in [5.41, 5.74) is 1.30. The first kappa shape index (κ1) is 14.7. The van der Waals surface area contributed by atoms with Crippen LogP contribution in [0, 0.1) is 0 Å². The van der Waals surface area contributed by atoms with Gasteiger partial charge in [-0.3, -0.25) is 0 Å². The summed E-state index contributed by atoms with van der Waals surface area (Å²) in [5.74, 6) is 0.856. The highest BCUT2D eigenvalue weighted by atomic mass is 16.5. The fraction of sp³-hybridized carbons (Fsp3) is 0.562. The molecule has 1 aliphatic rings. The van der Waals surface area contributed by atoms with E-state index in [9.17, 15) is 4.79 Å². The van der Waals surface area contributed by atoms with Gasteiger partial charge in [0.1, 0.15) is 12.4 Å². The Kier molecular flexibility index (Phi) is 5.71. The van der Waals surface area contributed by atoms with Gasteiger partial charge in [-0.1, -0.05) is 19.1 Å². The Labute approximate surface area is 121 Å². The normalized spacial score (nSPS) is 14.9. The lowest BCUT2D eigenvalue weighted by Gasteiger charge is -2.26. The van der Waals surface area contributed by atoms with Crippen molar-refractivity contribution in [1.29, 1.82) is 0 Å². The van der Waals surface area contributed by atoms with Gasteiger partial charge in [0.25, 0.3) is 0 Å². The van der Waals surface area contributed by atoms with E-state index in [1.54, 1.807) is 0 Å². The minimum Gasteiger partial charge on any atom is -0.492 e. The average Bonchev–Trinajstić information content (AvgIpc) is 2.53. The molecule has 2 amide bonds. The number of aryl methyl sites for hydroxylation is 1. The zero-order valence-corrected chi connectivity index (χ0v) is 12.2. The number of likely N-dealkylation sites (tertiary alicyclic amines) is 1. The fourth-order valence-corrected chi connectivity index (χ4v) is 2.36. The van der Waals surface area contributed by atoms with Crippen molar-refractivity contribution in [3.05, 3.63) is 29.8 Å². The number of urea groups is 1. The number of hydrogen-bond acceptors (Lipinski definition) is 2. The number of amides is 2. The van der Waals surface area contributed by atoms with E-state index in [0.717, 1.165) is 38.1 Å². The molecule has 0 radical (unpaired) electrons. The Bertz CT molecular complexity index is 411. The first-order valence-corrected chi connectivity index (χ1v) is 7.54. The van der Waals surface area contributed by atoms with Crippen molar-refractivity contribution in [2.45, 2.75) is 32.6 Å². The van der Waals surface area contributed by atoms with Gasteiger partial charge < -0.3 is 15.0 Å². The molecule has 1 aromatic rings. The van der Waals surface area contributed by atoms with Gasteiger partial charge in [-0.05, 0) is 43.4 Å². The summed E-state index contributed by atoms with van der Waals surface area (Å²) < 4.78 is 5.61. The second kappa shape index (κ2) is 7.78. The monoisotopic (exact) mass is 276 g/mol. The molecule has 1 N–H and O–H groups in total. The zero-order valence-electron chi connectivity index (χ0n) is 12.2. The number of benzene rings is 1. The number of nitrogens with one attached hydrogen (secondary N) is 1. The maximum atomic E-state index is 11.9. The van der Waals surface area contributed by atoms with Crippen LogP contribution in [-0.2, 0) is 6.42 Å². The number of rotatable bonds is 5. The highest BCUT2D eigenvalue weighted by Gasteiger charge is 2.15. The van der Waals surface area contributed by atoms with Crippen molar-refractivity contribution < 1.29 is 9.53 Å². The largest absolute Gasteiger partial charge is 0.492 e. The van der Waals surface area contributed by atoms with Crippen LogP contribution < -0.4 is 10.1 Å². The molecule has 0 spiro atoms. The molecule has 20 heavy (non-hydrogen) atoms. The second-order valence-electron chi connectivity index (χ2n) is 5.13. The van der Waals surface area contributed by atoms with E-state index in [1.807, 2.05) is 17.0 Å². The van der Waals surface area contributed by atoms with E-state index < -0.39 is 0 Å². The van der Waals surface area contributed by atoms with Crippen LogP contribution in [0.25, 0.3) is 0 Å². The van der Waals surface area contributed by atoms with Gasteiger partial charge >= 0.3 is 6.03 Å². The number of carbonyl (C=O) groups excluding carboxylic acids is 1. The summed E-state index contributed by atoms with van der Waals surface area (Å²) in [6, 6.07) is 8.13. The number of ether oxygens (including phenoxy) is 1. The summed E-state index contributed by atoms with van der Waals surface area (Å²) in [6.07, 6.45) is 4.51. The third-order valence-corrected chi connectivity index (χ3v) is 3.62. The number of carbonyl (C=O) groups is 1. The van der Waals surface area contributed by atoms with Crippen LogP contribution in [0.15, 0.2) is 24.3 Å². The second-order valence-corrected chi connectivity index (χ2v) is 5.13. The SMILES string of the molecule is CCc1ccc(OCCNC(=O)N2CCCCC2)cc1. The minimum absolute atomic E-state index is 0.0367. The van der Waals surface area contributed by atoms with Crippen molar-refractivity contribution in [3.63, 3.8) is 0 Å². The molecular formula is C16H24N2O2. The summed E-state index contributed by atoms with van der Waals surface area (Å²) in [5, 5.41) is 2.91. The Morgan fingerprint density at radius 3 is 2.55 bits per heavy atom. The molecule has 0 saturated carbocycles. The summed E-state index contributed by atoms with van der Waals surface area (Å²) >= 11 is 0. The van der Waals surface area contributed by atoms with Crippen LogP contribution in [0.1, 0.15) is 31.7 Å². The van der Waals surface area contributed by atoms with Crippen LogP contribution in [0.4, 0.5) is 4.79 Å². The Hall–Kier alpha value is -1.71. The van der Waals surface area contributed by atoms with Crippen molar-refractivity contribution in [1.82, 2.24) is 10.2 Å². The molecule has 0 aromatic heterocycles. The van der Waals surface area contributed by atoms with Crippen LogP contribution in [0.2, 0.25) is 0 Å². The van der Waals surface area contributed by atoms with Crippen molar-refractivity contribution in [2.75, 3.05) is 26.2 Å². The van der Waals surface area contributed by atoms with Crippen molar-refractivity contribution >= 4 is 6.03 Å². The standard InChI is InChI=1S/C16H24N2O2/c1-2-14-6-8-15(9-7-14)20-13-10-17-16(19)18-11-4-3-5-12-18/h6-9H,2-5,10-13H2,1H3,(H,17,19). The maximum Gasteiger partial charge on any atom is 0.317 e. The number of piperidine rings is 1. The van der Waals surface area contributed by atoms with E-state index in [0.29, 0.717) is 13.2 Å². The Morgan fingerprint density at radius 1 is 1.20 bits per heavy atom. The molecular weight excluding hydrogens is 252 g/mol. The molecule has 1 heterocycles. The molecule has 4 heteroatoms. The van der Waals surface area contributed by atoms with Gasteiger partial charge in [-0.15, -0.1) is 0 Å². The van der Waals surface area contributed by atoms with Gasteiger partial charge in [-0.2, -0.15) is 0 Å². The highest BCUT2D eigenvalue weighted by Crippen LogP contribution is 2.12. The van der Waals surface area contributed by atoms with Gasteiger partial charge in [0.05, 0.1) is 6.54 Å². The minimum atomic E-state index is 0.0367. The topological polar surface area (TPSA) is 41.6 Å². The maximum absolute atomic E-state index is 11.9. The molecule has 4 nitrogen and oxygen atoms in total. The fourth-order valence-electron chi connectivity index (χ4n) is 2.36.